The van der Waals surface area contributed by atoms with Crippen LogP contribution in [-0.4, -0.2) is 17.1 Å². The topological polar surface area (TPSA) is 68.0 Å². The summed E-state index contributed by atoms with van der Waals surface area (Å²) >= 11 is 3.39. The van der Waals surface area contributed by atoms with Crippen molar-refractivity contribution in [1.82, 2.24) is 4.98 Å². The standard InChI is InChI=1S/C19H19N3OS2/c1-24-12-8-6-11(7-9-12)21-18(23)15-10-14-13-4-2-3-5-16(13)25-19(14)22-17(15)20/h6-10H,2-5H2,1H3,(H2,20,22)(H,21,23). The molecule has 0 aliphatic heterocycles. The quantitative estimate of drug-likeness (QED) is 0.655. The number of carbonyl (C=O) groups excluding carboxylic acids is 1. The molecule has 1 aliphatic carbocycles. The Morgan fingerprint density at radius 2 is 2.00 bits per heavy atom. The summed E-state index contributed by atoms with van der Waals surface area (Å²) in [5.41, 5.74) is 8.64. The van der Waals surface area contributed by atoms with Gasteiger partial charge in [-0.05, 0) is 67.8 Å². The molecule has 3 aromatic rings. The molecule has 128 valence electrons. The highest BCUT2D eigenvalue weighted by atomic mass is 32.2. The fourth-order valence-electron chi connectivity index (χ4n) is 3.25. The zero-order chi connectivity index (χ0) is 17.4. The van der Waals surface area contributed by atoms with Crippen LogP contribution in [-0.2, 0) is 12.8 Å². The predicted molar refractivity (Wildman–Crippen MR) is 107 cm³/mol. The summed E-state index contributed by atoms with van der Waals surface area (Å²) in [6, 6.07) is 9.70. The van der Waals surface area contributed by atoms with Crippen LogP contribution >= 0.6 is 23.1 Å². The van der Waals surface area contributed by atoms with E-state index in [0.717, 1.165) is 33.6 Å². The van der Waals surface area contributed by atoms with E-state index in [0.29, 0.717) is 11.4 Å². The van der Waals surface area contributed by atoms with Crippen LogP contribution in [0.1, 0.15) is 33.6 Å². The van der Waals surface area contributed by atoms with Crippen LogP contribution in [0.3, 0.4) is 0 Å². The van der Waals surface area contributed by atoms with Gasteiger partial charge in [0.05, 0.1) is 5.56 Å². The summed E-state index contributed by atoms with van der Waals surface area (Å²) in [7, 11) is 0. The molecule has 4 rings (SSSR count). The number of nitrogen functional groups attached to an aromatic ring is 1. The number of hydrogen-bond donors (Lipinski definition) is 2. The highest BCUT2D eigenvalue weighted by Crippen LogP contribution is 2.36. The number of nitrogens with two attached hydrogens (primary N) is 1. The summed E-state index contributed by atoms with van der Waals surface area (Å²) in [5.74, 6) is 0.0869. The van der Waals surface area contributed by atoms with Crippen LogP contribution in [0.4, 0.5) is 11.5 Å². The molecule has 1 aliphatic rings. The molecule has 0 unspecified atom stereocenters. The van der Waals surface area contributed by atoms with Crippen LogP contribution in [0.5, 0.6) is 0 Å². The van der Waals surface area contributed by atoms with Crippen LogP contribution in [0.15, 0.2) is 35.2 Å². The predicted octanol–water partition coefficient (Wildman–Crippen LogP) is 4.73. The number of nitrogens with zero attached hydrogens (tertiary/aromatic N) is 1. The Kier molecular flexibility index (Phi) is 4.39. The summed E-state index contributed by atoms with van der Waals surface area (Å²) in [6.45, 7) is 0. The Hall–Kier alpha value is -2.05. The lowest BCUT2D eigenvalue weighted by molar-refractivity contribution is 0.102. The first-order chi connectivity index (χ1) is 12.2. The first-order valence-electron chi connectivity index (χ1n) is 8.32. The number of pyridine rings is 1. The average Bonchev–Trinajstić information content (AvgIpc) is 2.98. The minimum atomic E-state index is -0.209. The second-order valence-corrected chi connectivity index (χ2v) is 8.13. The molecule has 1 amide bonds. The largest absolute Gasteiger partial charge is 0.383 e. The molecule has 6 heteroatoms. The van der Waals surface area contributed by atoms with Crippen molar-refractivity contribution in [3.05, 3.63) is 46.3 Å². The van der Waals surface area contributed by atoms with Crippen molar-refractivity contribution < 1.29 is 4.79 Å². The number of nitrogens with one attached hydrogen (secondary N) is 1. The summed E-state index contributed by atoms with van der Waals surface area (Å²) in [4.78, 5) is 20.7. The van der Waals surface area contributed by atoms with E-state index in [1.807, 2.05) is 36.6 Å². The third-order valence-corrected chi connectivity index (χ3v) is 6.52. The number of carbonyl (C=O) groups is 1. The zero-order valence-electron chi connectivity index (χ0n) is 14.0. The molecule has 0 bridgehead atoms. The smallest absolute Gasteiger partial charge is 0.259 e. The van der Waals surface area contributed by atoms with Gasteiger partial charge in [-0.25, -0.2) is 4.98 Å². The molecular weight excluding hydrogens is 350 g/mol. The van der Waals surface area contributed by atoms with Gasteiger partial charge >= 0.3 is 0 Å². The van der Waals surface area contributed by atoms with E-state index < -0.39 is 0 Å². The van der Waals surface area contributed by atoms with E-state index >= 15 is 0 Å². The van der Waals surface area contributed by atoms with Crippen LogP contribution in [0, 0.1) is 0 Å². The van der Waals surface area contributed by atoms with E-state index in [1.165, 1.54) is 23.3 Å². The van der Waals surface area contributed by atoms with Gasteiger partial charge in [0.25, 0.3) is 5.91 Å². The summed E-state index contributed by atoms with van der Waals surface area (Å²) < 4.78 is 0. The molecule has 2 aromatic heterocycles. The van der Waals surface area contributed by atoms with Crippen LogP contribution in [0.2, 0.25) is 0 Å². The number of thiophene rings is 1. The minimum Gasteiger partial charge on any atom is -0.383 e. The maximum Gasteiger partial charge on any atom is 0.259 e. The Morgan fingerprint density at radius 3 is 2.76 bits per heavy atom. The van der Waals surface area contributed by atoms with E-state index in [2.05, 4.69) is 10.3 Å². The van der Waals surface area contributed by atoms with Gasteiger partial charge in [-0.15, -0.1) is 23.1 Å². The average molecular weight is 370 g/mol. The van der Waals surface area contributed by atoms with Crippen LogP contribution < -0.4 is 11.1 Å². The van der Waals surface area contributed by atoms with Crippen molar-refractivity contribution in [2.24, 2.45) is 0 Å². The lowest BCUT2D eigenvalue weighted by Gasteiger charge is -2.11. The Balaban J connectivity index is 1.67. The SMILES string of the molecule is CSc1ccc(NC(=O)c2cc3c4c(sc3nc2N)CCCC4)cc1. The first kappa shape index (κ1) is 16.4. The Labute approximate surface area is 154 Å². The van der Waals surface area contributed by atoms with Crippen molar-refractivity contribution in [2.45, 2.75) is 30.6 Å². The van der Waals surface area contributed by atoms with Gasteiger partial charge in [0, 0.05) is 20.8 Å². The van der Waals surface area contributed by atoms with Crippen molar-refractivity contribution in [1.29, 1.82) is 0 Å². The van der Waals surface area contributed by atoms with Gasteiger partial charge in [-0.2, -0.15) is 0 Å². The van der Waals surface area contributed by atoms with Crippen molar-refractivity contribution in [2.75, 3.05) is 17.3 Å². The Morgan fingerprint density at radius 1 is 1.24 bits per heavy atom. The van der Waals surface area contributed by atoms with Gasteiger partial charge in [0.15, 0.2) is 0 Å². The van der Waals surface area contributed by atoms with E-state index in [1.54, 1.807) is 23.1 Å². The number of hydrogen-bond acceptors (Lipinski definition) is 5. The second-order valence-electron chi connectivity index (χ2n) is 6.17. The van der Waals surface area contributed by atoms with Gasteiger partial charge in [-0.3, -0.25) is 4.79 Å². The normalized spacial score (nSPS) is 13.6. The highest BCUT2D eigenvalue weighted by molar-refractivity contribution is 7.98. The molecule has 25 heavy (non-hydrogen) atoms. The fraction of sp³-hybridized carbons (Fsp3) is 0.263. The monoisotopic (exact) mass is 369 g/mol. The lowest BCUT2D eigenvalue weighted by atomic mass is 9.96. The maximum atomic E-state index is 12.7. The number of fused-ring (bicyclic) bond motifs is 3. The molecular formula is C19H19N3OS2. The van der Waals surface area contributed by atoms with Gasteiger partial charge < -0.3 is 11.1 Å². The minimum absolute atomic E-state index is 0.209. The summed E-state index contributed by atoms with van der Waals surface area (Å²) in [6.07, 6.45) is 6.63. The Bertz CT molecular complexity index is 947. The van der Waals surface area contributed by atoms with E-state index in [-0.39, 0.29) is 5.91 Å². The summed E-state index contributed by atoms with van der Waals surface area (Å²) in [5, 5.41) is 4.02. The zero-order valence-corrected chi connectivity index (χ0v) is 15.6. The van der Waals surface area contributed by atoms with Crippen LogP contribution in [0.25, 0.3) is 10.2 Å². The molecule has 0 fully saturated rings. The highest BCUT2D eigenvalue weighted by Gasteiger charge is 2.20. The first-order valence-corrected chi connectivity index (χ1v) is 10.4. The van der Waals surface area contributed by atoms with Crippen molar-refractivity contribution in [3.63, 3.8) is 0 Å². The number of benzene rings is 1. The number of aryl methyl sites for hydroxylation is 2. The molecule has 0 radical (unpaired) electrons. The fourth-order valence-corrected chi connectivity index (χ4v) is 4.91. The van der Waals surface area contributed by atoms with Crippen molar-refractivity contribution in [3.8, 4) is 0 Å². The molecule has 0 saturated carbocycles. The number of aromatic nitrogens is 1. The lowest BCUT2D eigenvalue weighted by Crippen LogP contribution is -2.15. The number of amides is 1. The molecule has 3 N–H and O–H groups in total. The van der Waals surface area contributed by atoms with Crippen molar-refractivity contribution >= 4 is 50.7 Å². The van der Waals surface area contributed by atoms with Gasteiger partial charge in [0.1, 0.15) is 10.6 Å². The molecule has 0 atom stereocenters. The number of anilines is 2. The second kappa shape index (κ2) is 6.69. The van der Waals surface area contributed by atoms with E-state index in [9.17, 15) is 4.79 Å². The molecule has 0 spiro atoms. The molecule has 0 saturated heterocycles. The van der Waals surface area contributed by atoms with Gasteiger partial charge in [0.2, 0.25) is 0 Å². The number of rotatable bonds is 3. The maximum absolute atomic E-state index is 12.7. The molecule has 2 heterocycles. The van der Waals surface area contributed by atoms with Gasteiger partial charge in [-0.1, -0.05) is 0 Å². The third-order valence-electron chi connectivity index (χ3n) is 4.57. The molecule has 4 nitrogen and oxygen atoms in total. The van der Waals surface area contributed by atoms with E-state index in [4.69, 9.17) is 5.73 Å². The third kappa shape index (κ3) is 3.12. The molecule has 1 aromatic carbocycles. The number of thioether (sulfide) groups is 1.